The summed E-state index contributed by atoms with van der Waals surface area (Å²) < 4.78 is 6.79. The number of anilines is 1. The highest BCUT2D eigenvalue weighted by atomic mass is 79.9. The molecular weight excluding hydrogens is 294 g/mol. The molecule has 18 heavy (non-hydrogen) atoms. The number of aromatic nitrogens is 2. The first-order chi connectivity index (χ1) is 8.72. The third-order valence-electron chi connectivity index (χ3n) is 3.01. The third-order valence-corrected chi connectivity index (χ3v) is 3.67. The zero-order valence-corrected chi connectivity index (χ0v) is 11.4. The lowest BCUT2D eigenvalue weighted by atomic mass is 10.1. The van der Waals surface area contributed by atoms with Gasteiger partial charge in [-0.15, -0.1) is 0 Å². The fourth-order valence-corrected chi connectivity index (χ4v) is 2.12. The summed E-state index contributed by atoms with van der Waals surface area (Å²) in [5.74, 6) is 2.10. The zero-order valence-electron chi connectivity index (χ0n) is 9.82. The fourth-order valence-electron chi connectivity index (χ4n) is 1.76. The summed E-state index contributed by atoms with van der Waals surface area (Å²) in [6, 6.07) is 7.79. The minimum Gasteiger partial charge on any atom is -0.492 e. The smallest absolute Gasteiger partial charge is 0.145 e. The lowest BCUT2D eigenvalue weighted by Gasteiger charge is -2.09. The predicted molar refractivity (Wildman–Crippen MR) is 74.4 cm³/mol. The summed E-state index contributed by atoms with van der Waals surface area (Å²) in [7, 11) is 0. The van der Waals surface area contributed by atoms with Gasteiger partial charge in [0, 0.05) is 11.6 Å². The normalized spacial score (nSPS) is 14.7. The van der Waals surface area contributed by atoms with Gasteiger partial charge in [0.2, 0.25) is 0 Å². The lowest BCUT2D eigenvalue weighted by molar-refractivity contribution is 0.298. The summed E-state index contributed by atoms with van der Waals surface area (Å²) in [6.45, 7) is 0.799. The summed E-state index contributed by atoms with van der Waals surface area (Å²) >= 11 is 3.50. The molecule has 0 radical (unpaired) electrons. The van der Waals surface area contributed by atoms with E-state index < -0.39 is 0 Å². The first kappa shape index (κ1) is 11.6. The summed E-state index contributed by atoms with van der Waals surface area (Å²) in [6.07, 6.45) is 2.57. The molecular formula is C13H14BrN3O. The summed E-state index contributed by atoms with van der Waals surface area (Å²) in [4.78, 5) is 0. The van der Waals surface area contributed by atoms with Crippen LogP contribution >= 0.6 is 15.9 Å². The lowest BCUT2D eigenvalue weighted by Crippen LogP contribution is -1.99. The van der Waals surface area contributed by atoms with Gasteiger partial charge in [-0.3, -0.25) is 5.10 Å². The van der Waals surface area contributed by atoms with E-state index in [1.54, 1.807) is 0 Å². The quantitative estimate of drug-likeness (QED) is 0.911. The topological polar surface area (TPSA) is 63.9 Å². The van der Waals surface area contributed by atoms with Crippen molar-refractivity contribution in [3.8, 4) is 17.0 Å². The molecule has 4 nitrogen and oxygen atoms in total. The molecule has 3 rings (SSSR count). The van der Waals surface area contributed by atoms with Crippen molar-refractivity contribution >= 4 is 21.7 Å². The predicted octanol–water partition coefficient (Wildman–Crippen LogP) is 3.21. The van der Waals surface area contributed by atoms with Crippen LogP contribution in [0.1, 0.15) is 12.8 Å². The van der Waals surface area contributed by atoms with Crippen molar-refractivity contribution in [2.24, 2.45) is 5.92 Å². The van der Waals surface area contributed by atoms with Crippen LogP contribution in [-0.2, 0) is 0 Å². The minimum absolute atomic E-state index is 0.494. The number of hydrogen-bond acceptors (Lipinski definition) is 3. The van der Waals surface area contributed by atoms with Gasteiger partial charge in [-0.05, 0) is 46.8 Å². The van der Waals surface area contributed by atoms with Gasteiger partial charge in [0.25, 0.3) is 0 Å². The van der Waals surface area contributed by atoms with Crippen LogP contribution in [0.25, 0.3) is 11.3 Å². The van der Waals surface area contributed by atoms with Crippen molar-refractivity contribution in [3.05, 3.63) is 28.7 Å². The Morgan fingerprint density at radius 3 is 2.89 bits per heavy atom. The molecule has 2 aromatic rings. The molecule has 1 aliphatic rings. The molecule has 0 saturated heterocycles. The van der Waals surface area contributed by atoms with E-state index in [1.807, 2.05) is 24.3 Å². The Labute approximate surface area is 114 Å². The van der Waals surface area contributed by atoms with E-state index in [1.165, 1.54) is 12.8 Å². The number of nitrogens with one attached hydrogen (secondary N) is 1. The SMILES string of the molecule is Nc1cc(-c2ccc(Br)c(OCC3CC3)c2)[nH]n1. The second-order valence-corrected chi connectivity index (χ2v) is 5.46. The maximum atomic E-state index is 5.82. The largest absolute Gasteiger partial charge is 0.492 e. The van der Waals surface area contributed by atoms with Crippen LogP contribution in [0.4, 0.5) is 5.82 Å². The van der Waals surface area contributed by atoms with Gasteiger partial charge < -0.3 is 10.5 Å². The Kier molecular flexibility index (Phi) is 2.99. The average molecular weight is 308 g/mol. The van der Waals surface area contributed by atoms with Crippen LogP contribution in [-0.4, -0.2) is 16.8 Å². The molecule has 0 bridgehead atoms. The number of nitrogens with two attached hydrogens (primary N) is 1. The zero-order chi connectivity index (χ0) is 12.5. The van der Waals surface area contributed by atoms with E-state index in [-0.39, 0.29) is 0 Å². The number of benzene rings is 1. The Morgan fingerprint density at radius 1 is 1.39 bits per heavy atom. The molecule has 1 fully saturated rings. The van der Waals surface area contributed by atoms with Crippen molar-refractivity contribution in [2.45, 2.75) is 12.8 Å². The molecule has 1 heterocycles. The molecule has 1 aliphatic carbocycles. The highest BCUT2D eigenvalue weighted by Crippen LogP contribution is 2.34. The van der Waals surface area contributed by atoms with Crippen LogP contribution in [0.15, 0.2) is 28.7 Å². The molecule has 94 valence electrons. The number of hydrogen-bond donors (Lipinski definition) is 2. The van der Waals surface area contributed by atoms with Crippen molar-refractivity contribution in [1.82, 2.24) is 10.2 Å². The van der Waals surface area contributed by atoms with E-state index in [2.05, 4.69) is 26.1 Å². The Hall–Kier alpha value is -1.49. The van der Waals surface area contributed by atoms with Crippen molar-refractivity contribution < 1.29 is 4.74 Å². The van der Waals surface area contributed by atoms with Gasteiger partial charge in [0.1, 0.15) is 11.6 Å². The molecule has 0 aliphatic heterocycles. The van der Waals surface area contributed by atoms with Gasteiger partial charge in [-0.25, -0.2) is 0 Å². The maximum absolute atomic E-state index is 5.82. The van der Waals surface area contributed by atoms with E-state index in [0.717, 1.165) is 34.0 Å². The molecule has 0 amide bonds. The van der Waals surface area contributed by atoms with Gasteiger partial charge in [-0.1, -0.05) is 6.07 Å². The Morgan fingerprint density at radius 2 is 2.22 bits per heavy atom. The molecule has 1 aromatic carbocycles. The number of aromatic amines is 1. The van der Waals surface area contributed by atoms with E-state index >= 15 is 0 Å². The second-order valence-electron chi connectivity index (χ2n) is 4.61. The molecule has 1 saturated carbocycles. The molecule has 0 atom stereocenters. The first-order valence-corrected chi connectivity index (χ1v) is 6.75. The van der Waals surface area contributed by atoms with Gasteiger partial charge in [-0.2, -0.15) is 5.10 Å². The maximum Gasteiger partial charge on any atom is 0.145 e. The molecule has 0 unspecified atom stereocenters. The van der Waals surface area contributed by atoms with Crippen molar-refractivity contribution in [2.75, 3.05) is 12.3 Å². The number of nitrogens with zero attached hydrogens (tertiary/aromatic N) is 1. The fraction of sp³-hybridized carbons (Fsp3) is 0.308. The van der Waals surface area contributed by atoms with E-state index in [4.69, 9.17) is 10.5 Å². The van der Waals surface area contributed by atoms with Crippen LogP contribution in [0, 0.1) is 5.92 Å². The number of halogens is 1. The summed E-state index contributed by atoms with van der Waals surface area (Å²) in [5.41, 5.74) is 7.53. The van der Waals surface area contributed by atoms with Crippen molar-refractivity contribution in [1.29, 1.82) is 0 Å². The monoisotopic (exact) mass is 307 g/mol. The van der Waals surface area contributed by atoms with Gasteiger partial charge in [0.05, 0.1) is 16.8 Å². The number of nitrogen functional groups attached to an aromatic ring is 1. The standard InChI is InChI=1S/C13H14BrN3O/c14-10-4-3-9(11-6-13(15)17-16-11)5-12(10)18-7-8-1-2-8/h3-6,8H,1-2,7H2,(H3,15,16,17). The first-order valence-electron chi connectivity index (χ1n) is 5.96. The highest BCUT2D eigenvalue weighted by Gasteiger charge is 2.22. The average Bonchev–Trinajstić information content (AvgIpc) is 3.09. The van der Waals surface area contributed by atoms with Gasteiger partial charge >= 0.3 is 0 Å². The molecule has 0 spiro atoms. The van der Waals surface area contributed by atoms with E-state index in [0.29, 0.717) is 5.82 Å². The van der Waals surface area contributed by atoms with Crippen LogP contribution in [0.5, 0.6) is 5.75 Å². The third kappa shape index (κ3) is 2.51. The second kappa shape index (κ2) is 4.65. The number of H-pyrrole nitrogens is 1. The highest BCUT2D eigenvalue weighted by molar-refractivity contribution is 9.10. The Bertz CT molecular complexity index is 563. The van der Waals surface area contributed by atoms with Crippen molar-refractivity contribution in [3.63, 3.8) is 0 Å². The van der Waals surface area contributed by atoms with Crippen LogP contribution in [0.3, 0.4) is 0 Å². The summed E-state index contributed by atoms with van der Waals surface area (Å²) in [5, 5.41) is 6.83. The van der Waals surface area contributed by atoms with Crippen LogP contribution < -0.4 is 10.5 Å². The molecule has 1 aromatic heterocycles. The molecule has 5 heteroatoms. The van der Waals surface area contributed by atoms with Gasteiger partial charge in [0.15, 0.2) is 0 Å². The Balaban J connectivity index is 1.84. The molecule has 3 N–H and O–H groups in total. The number of rotatable bonds is 4. The van der Waals surface area contributed by atoms with Crippen LogP contribution in [0.2, 0.25) is 0 Å². The van der Waals surface area contributed by atoms with E-state index in [9.17, 15) is 0 Å². The number of ether oxygens (including phenoxy) is 1. The minimum atomic E-state index is 0.494.